The Hall–Kier alpha value is -0.910. The molecule has 1 heterocycles. The summed E-state index contributed by atoms with van der Waals surface area (Å²) in [5, 5.41) is 3.07. The third-order valence-corrected chi connectivity index (χ3v) is 3.43. The first kappa shape index (κ1) is 13.5. The minimum Gasteiger partial charge on any atom is -0.307 e. The van der Waals surface area contributed by atoms with Crippen LogP contribution >= 0.6 is 43.5 Å². The summed E-state index contributed by atoms with van der Waals surface area (Å²) in [6, 6.07) is 8.60. The van der Waals surface area contributed by atoms with Crippen LogP contribution in [-0.2, 0) is 0 Å². The van der Waals surface area contributed by atoms with Crippen LogP contribution < -0.4 is 5.32 Å². The molecule has 0 bridgehead atoms. The molecule has 2 aromatic rings. The van der Waals surface area contributed by atoms with Crippen molar-refractivity contribution in [3.63, 3.8) is 0 Å². The molecular weight excluding hydrogens is 383 g/mol. The van der Waals surface area contributed by atoms with Gasteiger partial charge in [0.15, 0.2) is 0 Å². The molecule has 6 heteroatoms. The largest absolute Gasteiger partial charge is 0.307 e. The van der Waals surface area contributed by atoms with E-state index in [0.29, 0.717) is 16.4 Å². The lowest BCUT2D eigenvalue weighted by Gasteiger charge is -2.06. The van der Waals surface area contributed by atoms with Crippen LogP contribution in [0.4, 0.5) is 5.82 Å². The molecule has 0 aliphatic rings. The number of nitrogens with one attached hydrogen (secondary N) is 1. The highest BCUT2D eigenvalue weighted by atomic mass is 79.9. The molecule has 1 aromatic carbocycles. The number of aromatic nitrogens is 1. The number of benzene rings is 1. The molecule has 0 aliphatic carbocycles. The van der Waals surface area contributed by atoms with E-state index in [-0.39, 0.29) is 5.91 Å². The van der Waals surface area contributed by atoms with Gasteiger partial charge < -0.3 is 5.32 Å². The predicted octanol–water partition coefficient (Wildman–Crippen LogP) is 4.51. The van der Waals surface area contributed by atoms with Gasteiger partial charge in [-0.25, -0.2) is 4.98 Å². The van der Waals surface area contributed by atoms with E-state index in [0.717, 1.165) is 8.95 Å². The highest BCUT2D eigenvalue weighted by Crippen LogP contribution is 2.22. The number of anilines is 1. The minimum absolute atomic E-state index is 0.295. The average Bonchev–Trinajstić information content (AvgIpc) is 2.35. The number of amides is 1. The lowest BCUT2D eigenvalue weighted by atomic mass is 10.2. The number of hydrogen-bond donors (Lipinski definition) is 1. The van der Waals surface area contributed by atoms with Gasteiger partial charge in [-0.15, -0.1) is 0 Å². The molecule has 0 radical (unpaired) electrons. The second-order valence-electron chi connectivity index (χ2n) is 3.44. The lowest BCUT2D eigenvalue weighted by Crippen LogP contribution is -2.13. The standard InChI is InChI=1S/C12H7Br2ClN2O/c13-7-1-3-10(15)9(5-7)12(18)17-11-4-2-8(14)6-16-11/h1-6H,(H,16,17,18). The summed E-state index contributed by atoms with van der Waals surface area (Å²) in [5.74, 6) is 0.176. The zero-order valence-corrected chi connectivity index (χ0v) is 12.9. The second kappa shape index (κ2) is 5.82. The lowest BCUT2D eigenvalue weighted by molar-refractivity contribution is 0.102. The molecule has 0 spiro atoms. The molecule has 0 saturated heterocycles. The van der Waals surface area contributed by atoms with Crippen molar-refractivity contribution in [2.75, 3.05) is 5.32 Å². The molecule has 3 nitrogen and oxygen atoms in total. The molecule has 1 amide bonds. The fourth-order valence-electron chi connectivity index (χ4n) is 1.30. The zero-order chi connectivity index (χ0) is 13.1. The molecule has 18 heavy (non-hydrogen) atoms. The fourth-order valence-corrected chi connectivity index (χ4v) is 2.10. The molecular formula is C12H7Br2ClN2O. The summed E-state index contributed by atoms with van der Waals surface area (Å²) >= 11 is 12.5. The Kier molecular flexibility index (Phi) is 4.37. The van der Waals surface area contributed by atoms with E-state index in [2.05, 4.69) is 42.2 Å². The van der Waals surface area contributed by atoms with Crippen molar-refractivity contribution in [1.82, 2.24) is 4.98 Å². The summed E-state index contributed by atoms with van der Waals surface area (Å²) < 4.78 is 1.64. The average molecular weight is 390 g/mol. The van der Waals surface area contributed by atoms with Crippen molar-refractivity contribution in [2.45, 2.75) is 0 Å². The summed E-state index contributed by atoms with van der Waals surface area (Å²) in [7, 11) is 0. The van der Waals surface area contributed by atoms with Gasteiger partial charge in [0.1, 0.15) is 5.82 Å². The van der Waals surface area contributed by atoms with Gasteiger partial charge in [0.05, 0.1) is 10.6 Å². The van der Waals surface area contributed by atoms with Crippen LogP contribution in [0.1, 0.15) is 10.4 Å². The maximum Gasteiger partial charge on any atom is 0.258 e. The Morgan fingerprint density at radius 2 is 1.89 bits per heavy atom. The first-order chi connectivity index (χ1) is 8.56. The van der Waals surface area contributed by atoms with Crippen molar-refractivity contribution < 1.29 is 4.79 Å². The Balaban J connectivity index is 2.21. The topological polar surface area (TPSA) is 42.0 Å². The van der Waals surface area contributed by atoms with E-state index < -0.39 is 0 Å². The number of hydrogen-bond acceptors (Lipinski definition) is 2. The Labute approximate surface area is 126 Å². The number of carbonyl (C=O) groups excluding carboxylic acids is 1. The van der Waals surface area contributed by atoms with Gasteiger partial charge in [0.25, 0.3) is 5.91 Å². The monoisotopic (exact) mass is 388 g/mol. The third kappa shape index (κ3) is 3.31. The molecule has 0 atom stereocenters. The molecule has 0 saturated carbocycles. The maximum absolute atomic E-state index is 12.0. The van der Waals surface area contributed by atoms with E-state index in [9.17, 15) is 4.79 Å². The number of pyridine rings is 1. The first-order valence-corrected chi connectivity index (χ1v) is 6.90. The normalized spacial score (nSPS) is 10.2. The first-order valence-electron chi connectivity index (χ1n) is 4.94. The fraction of sp³-hybridized carbons (Fsp3) is 0. The van der Waals surface area contributed by atoms with Crippen LogP contribution in [0.15, 0.2) is 45.5 Å². The Morgan fingerprint density at radius 3 is 2.56 bits per heavy atom. The number of rotatable bonds is 2. The quantitative estimate of drug-likeness (QED) is 0.820. The maximum atomic E-state index is 12.0. The van der Waals surface area contributed by atoms with Crippen LogP contribution in [0.25, 0.3) is 0 Å². The van der Waals surface area contributed by atoms with Gasteiger partial charge in [-0.1, -0.05) is 27.5 Å². The Bertz CT molecular complexity index is 587. The van der Waals surface area contributed by atoms with E-state index in [4.69, 9.17) is 11.6 Å². The van der Waals surface area contributed by atoms with Crippen molar-refractivity contribution >= 4 is 55.2 Å². The molecule has 1 aromatic heterocycles. The summed E-state index contributed by atoms with van der Waals surface area (Å²) in [4.78, 5) is 16.1. The number of carbonyl (C=O) groups is 1. The van der Waals surface area contributed by atoms with E-state index >= 15 is 0 Å². The highest BCUT2D eigenvalue weighted by Gasteiger charge is 2.11. The van der Waals surface area contributed by atoms with Crippen LogP contribution in [0.5, 0.6) is 0 Å². The molecule has 0 aliphatic heterocycles. The third-order valence-electron chi connectivity index (χ3n) is 2.14. The van der Waals surface area contributed by atoms with Crippen molar-refractivity contribution in [3.05, 3.63) is 56.1 Å². The molecule has 0 fully saturated rings. The zero-order valence-electron chi connectivity index (χ0n) is 8.95. The van der Waals surface area contributed by atoms with E-state index in [1.165, 1.54) is 0 Å². The van der Waals surface area contributed by atoms with Gasteiger partial charge >= 0.3 is 0 Å². The summed E-state index contributed by atoms with van der Waals surface area (Å²) in [5.41, 5.74) is 0.399. The van der Waals surface area contributed by atoms with Crippen molar-refractivity contribution in [1.29, 1.82) is 0 Å². The van der Waals surface area contributed by atoms with Crippen LogP contribution in [0.2, 0.25) is 5.02 Å². The van der Waals surface area contributed by atoms with Crippen LogP contribution in [-0.4, -0.2) is 10.9 Å². The molecule has 2 rings (SSSR count). The molecule has 92 valence electrons. The van der Waals surface area contributed by atoms with Gasteiger partial charge in [-0.3, -0.25) is 4.79 Å². The van der Waals surface area contributed by atoms with Gasteiger partial charge in [0.2, 0.25) is 0 Å². The summed E-state index contributed by atoms with van der Waals surface area (Å²) in [6.07, 6.45) is 1.61. The van der Waals surface area contributed by atoms with Crippen LogP contribution in [0.3, 0.4) is 0 Å². The van der Waals surface area contributed by atoms with Gasteiger partial charge in [-0.05, 0) is 46.3 Å². The van der Waals surface area contributed by atoms with E-state index in [1.807, 2.05) is 0 Å². The van der Waals surface area contributed by atoms with Gasteiger partial charge in [-0.2, -0.15) is 0 Å². The highest BCUT2D eigenvalue weighted by molar-refractivity contribution is 9.10. The Morgan fingerprint density at radius 1 is 1.17 bits per heavy atom. The van der Waals surface area contributed by atoms with Crippen molar-refractivity contribution in [3.8, 4) is 0 Å². The number of halogens is 3. The van der Waals surface area contributed by atoms with Crippen molar-refractivity contribution in [2.24, 2.45) is 0 Å². The smallest absolute Gasteiger partial charge is 0.258 e. The predicted molar refractivity (Wildman–Crippen MR) is 79.0 cm³/mol. The SMILES string of the molecule is O=C(Nc1ccc(Br)cn1)c1cc(Br)ccc1Cl. The molecule has 1 N–H and O–H groups in total. The number of nitrogens with zero attached hydrogens (tertiary/aromatic N) is 1. The van der Waals surface area contributed by atoms with E-state index in [1.54, 1.807) is 36.5 Å². The summed E-state index contributed by atoms with van der Waals surface area (Å²) in [6.45, 7) is 0. The second-order valence-corrected chi connectivity index (χ2v) is 5.68. The molecule has 0 unspecified atom stereocenters. The van der Waals surface area contributed by atoms with Crippen LogP contribution in [0, 0.1) is 0 Å². The minimum atomic E-state index is -0.295. The van der Waals surface area contributed by atoms with Gasteiger partial charge in [0, 0.05) is 15.1 Å².